The quantitative estimate of drug-likeness (QED) is 0.808. The predicted molar refractivity (Wildman–Crippen MR) is 95.4 cm³/mol. The Balaban J connectivity index is 1.55. The molecule has 1 N–H and O–H groups in total. The van der Waals surface area contributed by atoms with E-state index in [-0.39, 0.29) is 18.5 Å². The van der Waals surface area contributed by atoms with Crippen LogP contribution in [-0.2, 0) is 22.6 Å². The maximum Gasteiger partial charge on any atom is 0.244 e. The number of carbonyl (C=O) groups excluding carboxylic acids is 1. The summed E-state index contributed by atoms with van der Waals surface area (Å²) in [5.74, 6) is 0.825. The second-order valence-corrected chi connectivity index (χ2v) is 5.81. The zero-order valence-electron chi connectivity index (χ0n) is 14.5. The molecule has 0 aliphatic carbocycles. The molecule has 0 radical (unpaired) electrons. The van der Waals surface area contributed by atoms with Crippen molar-refractivity contribution in [1.29, 1.82) is 0 Å². The van der Waals surface area contributed by atoms with Crippen LogP contribution < -0.4 is 14.8 Å². The van der Waals surface area contributed by atoms with Crippen molar-refractivity contribution in [2.24, 2.45) is 0 Å². The number of nitrogens with one attached hydrogen (secondary N) is 1. The first kappa shape index (κ1) is 17.9. The van der Waals surface area contributed by atoms with Crippen molar-refractivity contribution in [2.45, 2.75) is 13.0 Å². The lowest BCUT2D eigenvalue weighted by atomic mass is 10.1. The lowest BCUT2D eigenvalue weighted by Crippen LogP contribution is -2.24. The Morgan fingerprint density at radius 2 is 2.23 bits per heavy atom. The molecule has 6 heteroatoms. The zero-order valence-corrected chi connectivity index (χ0v) is 14.5. The first-order valence-electron chi connectivity index (χ1n) is 8.27. The van der Waals surface area contributed by atoms with Gasteiger partial charge < -0.3 is 19.5 Å². The molecular weight excluding hydrogens is 337 g/mol. The number of carbonyl (C=O) groups is 1. The number of ether oxygens (including phenoxy) is 3. The summed E-state index contributed by atoms with van der Waals surface area (Å²) >= 11 is 0. The van der Waals surface area contributed by atoms with Gasteiger partial charge in [0.1, 0.15) is 17.3 Å². The number of hydrogen-bond donors (Lipinski definition) is 1. The summed E-state index contributed by atoms with van der Waals surface area (Å²) in [7, 11) is 1.59. The molecule has 0 aromatic heterocycles. The summed E-state index contributed by atoms with van der Waals surface area (Å²) in [6, 6.07) is 10.3. The van der Waals surface area contributed by atoms with Gasteiger partial charge in [0.15, 0.2) is 6.79 Å². The summed E-state index contributed by atoms with van der Waals surface area (Å²) in [6.07, 6.45) is 3.64. The van der Waals surface area contributed by atoms with Gasteiger partial charge in [-0.1, -0.05) is 12.1 Å². The Bertz CT molecular complexity index is 819. The molecule has 1 aliphatic rings. The molecule has 136 valence electrons. The van der Waals surface area contributed by atoms with Gasteiger partial charge in [-0.2, -0.15) is 0 Å². The van der Waals surface area contributed by atoms with E-state index >= 15 is 0 Å². The smallest absolute Gasteiger partial charge is 0.244 e. The van der Waals surface area contributed by atoms with Gasteiger partial charge in [-0.15, -0.1) is 0 Å². The third-order valence-corrected chi connectivity index (χ3v) is 3.97. The Labute approximate surface area is 151 Å². The van der Waals surface area contributed by atoms with E-state index < -0.39 is 0 Å². The van der Waals surface area contributed by atoms with Crippen LogP contribution >= 0.6 is 0 Å². The molecule has 1 heterocycles. The van der Waals surface area contributed by atoms with Crippen LogP contribution in [0.2, 0.25) is 0 Å². The second-order valence-electron chi connectivity index (χ2n) is 5.81. The number of rotatable bonds is 6. The summed E-state index contributed by atoms with van der Waals surface area (Å²) in [5.41, 5.74) is 2.28. The molecule has 0 atom stereocenters. The van der Waals surface area contributed by atoms with Gasteiger partial charge >= 0.3 is 0 Å². The van der Waals surface area contributed by atoms with E-state index in [0.29, 0.717) is 30.9 Å². The first-order valence-corrected chi connectivity index (χ1v) is 8.27. The molecule has 1 aliphatic heterocycles. The van der Waals surface area contributed by atoms with Gasteiger partial charge in [-0.3, -0.25) is 4.79 Å². The van der Waals surface area contributed by atoms with Crippen molar-refractivity contribution in [2.75, 3.05) is 20.4 Å². The second kappa shape index (κ2) is 8.49. The monoisotopic (exact) mass is 357 g/mol. The van der Waals surface area contributed by atoms with Crippen molar-refractivity contribution in [1.82, 2.24) is 5.32 Å². The van der Waals surface area contributed by atoms with Crippen LogP contribution in [0.1, 0.15) is 16.7 Å². The molecule has 0 bridgehead atoms. The standard InChI is InChI=1S/C20H20FNO4/c1-24-18-4-2-3-14(9-18)5-6-19(23)22-8-7-15-10-17(21)11-16-12-25-13-26-20(15)16/h2-6,9-11H,7-8,12-13H2,1H3,(H,22,23). The number of methoxy groups -OCH3 is 1. The SMILES string of the molecule is COc1cccc(C=CC(=O)NCCc2cc(F)cc3c2OCOC3)c1. The predicted octanol–water partition coefficient (Wildman–Crippen LogP) is 3.07. The molecule has 0 fully saturated rings. The summed E-state index contributed by atoms with van der Waals surface area (Å²) < 4.78 is 29.5. The topological polar surface area (TPSA) is 56.8 Å². The minimum atomic E-state index is -0.336. The molecule has 2 aromatic rings. The minimum Gasteiger partial charge on any atom is -0.497 e. The van der Waals surface area contributed by atoms with Crippen molar-refractivity contribution >= 4 is 12.0 Å². The van der Waals surface area contributed by atoms with Gasteiger partial charge in [-0.05, 0) is 47.9 Å². The van der Waals surface area contributed by atoms with Crippen LogP contribution in [0.3, 0.4) is 0 Å². The molecule has 0 unspecified atom stereocenters. The molecule has 0 saturated carbocycles. The van der Waals surface area contributed by atoms with E-state index in [1.165, 1.54) is 18.2 Å². The van der Waals surface area contributed by atoms with Crippen molar-refractivity contribution < 1.29 is 23.4 Å². The number of fused-ring (bicyclic) bond motifs is 1. The van der Waals surface area contributed by atoms with Crippen LogP contribution in [0.25, 0.3) is 6.08 Å². The minimum absolute atomic E-state index is 0.154. The van der Waals surface area contributed by atoms with E-state index in [1.807, 2.05) is 24.3 Å². The molecule has 2 aromatic carbocycles. The van der Waals surface area contributed by atoms with Gasteiger partial charge in [0.2, 0.25) is 5.91 Å². The van der Waals surface area contributed by atoms with E-state index in [0.717, 1.165) is 16.9 Å². The van der Waals surface area contributed by atoms with E-state index in [4.69, 9.17) is 14.2 Å². The highest BCUT2D eigenvalue weighted by molar-refractivity contribution is 5.91. The van der Waals surface area contributed by atoms with Gasteiger partial charge in [0.25, 0.3) is 0 Å². The third kappa shape index (κ3) is 4.61. The normalized spacial score (nSPS) is 13.2. The Kier molecular flexibility index (Phi) is 5.86. The maximum absolute atomic E-state index is 13.7. The van der Waals surface area contributed by atoms with Crippen molar-refractivity contribution in [3.63, 3.8) is 0 Å². The molecule has 0 spiro atoms. The third-order valence-electron chi connectivity index (χ3n) is 3.97. The van der Waals surface area contributed by atoms with E-state index in [1.54, 1.807) is 13.2 Å². The summed E-state index contributed by atoms with van der Waals surface area (Å²) in [5, 5.41) is 2.79. The van der Waals surface area contributed by atoms with E-state index in [9.17, 15) is 9.18 Å². The number of benzene rings is 2. The molecule has 5 nitrogen and oxygen atoms in total. The lowest BCUT2D eigenvalue weighted by molar-refractivity contribution is -0.116. The van der Waals surface area contributed by atoms with Crippen LogP contribution in [-0.4, -0.2) is 26.4 Å². The van der Waals surface area contributed by atoms with Gasteiger partial charge in [0.05, 0.1) is 13.7 Å². The fourth-order valence-electron chi connectivity index (χ4n) is 2.74. The Morgan fingerprint density at radius 1 is 1.35 bits per heavy atom. The van der Waals surface area contributed by atoms with Crippen LogP contribution in [0.5, 0.6) is 11.5 Å². The van der Waals surface area contributed by atoms with Crippen molar-refractivity contribution in [3.05, 3.63) is 65.0 Å². The number of hydrogen-bond acceptors (Lipinski definition) is 4. The van der Waals surface area contributed by atoms with Gasteiger partial charge in [-0.25, -0.2) is 4.39 Å². The Hall–Kier alpha value is -2.86. The highest BCUT2D eigenvalue weighted by atomic mass is 19.1. The molecule has 0 saturated heterocycles. The fraction of sp³-hybridized carbons (Fsp3) is 0.250. The molecular formula is C20H20FNO4. The highest BCUT2D eigenvalue weighted by Crippen LogP contribution is 2.29. The summed E-state index contributed by atoms with van der Waals surface area (Å²) in [4.78, 5) is 12.0. The maximum atomic E-state index is 13.7. The van der Waals surface area contributed by atoms with Crippen molar-refractivity contribution in [3.8, 4) is 11.5 Å². The number of amides is 1. The fourth-order valence-corrected chi connectivity index (χ4v) is 2.74. The van der Waals surface area contributed by atoms with Crippen LogP contribution in [0, 0.1) is 5.82 Å². The molecule has 1 amide bonds. The zero-order chi connectivity index (χ0) is 18.4. The first-order chi connectivity index (χ1) is 12.7. The van der Waals surface area contributed by atoms with Gasteiger partial charge in [0, 0.05) is 18.2 Å². The van der Waals surface area contributed by atoms with Crippen LogP contribution in [0.15, 0.2) is 42.5 Å². The lowest BCUT2D eigenvalue weighted by Gasteiger charge is -2.20. The Morgan fingerprint density at radius 3 is 3.08 bits per heavy atom. The molecule has 3 rings (SSSR count). The number of halogens is 1. The summed E-state index contributed by atoms with van der Waals surface area (Å²) in [6.45, 7) is 0.860. The van der Waals surface area contributed by atoms with Crippen LogP contribution in [0.4, 0.5) is 4.39 Å². The highest BCUT2D eigenvalue weighted by Gasteiger charge is 2.16. The molecule has 26 heavy (non-hydrogen) atoms. The largest absolute Gasteiger partial charge is 0.497 e. The average Bonchev–Trinajstić information content (AvgIpc) is 2.66. The average molecular weight is 357 g/mol. The van der Waals surface area contributed by atoms with E-state index in [2.05, 4.69) is 5.32 Å².